The first kappa shape index (κ1) is 28.4. The molecular weight excluding hydrogens is 531 g/mol. The predicted octanol–water partition coefficient (Wildman–Crippen LogP) is 5.92. The quantitative estimate of drug-likeness (QED) is 0.364. The highest BCUT2D eigenvalue weighted by molar-refractivity contribution is 6.01. The van der Waals surface area contributed by atoms with Crippen molar-refractivity contribution in [3.8, 4) is 0 Å². The molecule has 2 fully saturated rings. The van der Waals surface area contributed by atoms with Crippen LogP contribution in [0.1, 0.15) is 68.7 Å². The fourth-order valence-electron chi connectivity index (χ4n) is 7.37. The summed E-state index contributed by atoms with van der Waals surface area (Å²) < 4.78 is 15.9. The minimum absolute atomic E-state index is 0.206. The van der Waals surface area contributed by atoms with Crippen LogP contribution in [-0.2, 0) is 17.8 Å². The number of carbonyl (C=O) groups excluding carboxylic acids is 2. The number of fused-ring (bicyclic) bond motifs is 3. The molecule has 0 radical (unpaired) electrons. The molecule has 3 aromatic rings. The molecule has 2 aromatic carbocycles. The van der Waals surface area contributed by atoms with Gasteiger partial charge >= 0.3 is 6.03 Å². The minimum Gasteiger partial charge on any atom is -0.336 e. The number of piperidine rings is 1. The molecule has 2 saturated heterocycles. The molecular formula is C33H41FN6O2. The lowest BCUT2D eigenvalue weighted by Gasteiger charge is -2.41. The summed E-state index contributed by atoms with van der Waals surface area (Å²) in [5.74, 6) is 0.955. The number of urea groups is 1. The Hall–Kier alpha value is -3.72. The lowest BCUT2D eigenvalue weighted by molar-refractivity contribution is -0.131. The molecule has 0 aliphatic carbocycles. The van der Waals surface area contributed by atoms with Gasteiger partial charge in [-0.15, -0.1) is 0 Å². The number of hydrogen-bond acceptors (Lipinski definition) is 4. The Bertz CT molecular complexity index is 1390. The zero-order valence-electron chi connectivity index (χ0n) is 24.6. The van der Waals surface area contributed by atoms with E-state index in [-0.39, 0.29) is 17.8 Å². The van der Waals surface area contributed by atoms with Crippen LogP contribution >= 0.6 is 0 Å². The predicted molar refractivity (Wildman–Crippen MR) is 162 cm³/mol. The van der Waals surface area contributed by atoms with Gasteiger partial charge in [-0.3, -0.25) is 14.6 Å². The highest BCUT2D eigenvalue weighted by Crippen LogP contribution is 2.42. The summed E-state index contributed by atoms with van der Waals surface area (Å²) in [6, 6.07) is 16.9. The molecule has 3 atom stereocenters. The third kappa shape index (κ3) is 5.79. The smallest absolute Gasteiger partial charge is 0.326 e. The van der Waals surface area contributed by atoms with Crippen LogP contribution in [0, 0.1) is 12.7 Å². The zero-order valence-corrected chi connectivity index (χ0v) is 24.6. The molecule has 3 aliphatic heterocycles. The third-order valence-corrected chi connectivity index (χ3v) is 9.31. The molecule has 3 aliphatic rings. The lowest BCUT2D eigenvalue weighted by Crippen LogP contribution is -2.45. The first-order valence-corrected chi connectivity index (χ1v) is 15.4. The fraction of sp³-hybridized carbons (Fsp3) is 0.485. The molecule has 0 spiro atoms. The topological polar surface area (TPSA) is 73.7 Å². The number of nitrogens with one attached hydrogen (secondary N) is 1. The normalized spacial score (nSPS) is 21.7. The van der Waals surface area contributed by atoms with Crippen LogP contribution < -0.4 is 10.2 Å². The van der Waals surface area contributed by atoms with E-state index < -0.39 is 0 Å². The number of benzene rings is 2. The van der Waals surface area contributed by atoms with Crippen LogP contribution in [0.2, 0.25) is 0 Å². The van der Waals surface area contributed by atoms with Crippen LogP contribution in [0.3, 0.4) is 0 Å². The number of rotatable bonds is 8. The maximum absolute atomic E-state index is 13.4. The number of hydrogen-bond donors (Lipinski definition) is 1. The number of anilines is 2. The molecule has 3 amide bonds. The van der Waals surface area contributed by atoms with E-state index in [2.05, 4.69) is 21.7 Å². The minimum atomic E-state index is -0.329. The van der Waals surface area contributed by atoms with Crippen LogP contribution in [0.25, 0.3) is 0 Å². The number of para-hydroxylation sites is 1. The van der Waals surface area contributed by atoms with E-state index in [1.54, 1.807) is 17.0 Å². The standard InChI is InChI=1S/C33H41FN6O2/c1-3-32(41)37-19-16-31-30(22-37)35-23(2)40(31)29-20-27-14-15-28(21-29)38(27)17-7-18-39(26-8-5-4-6-9-26)33(42)36-25-12-10-24(34)11-13-25/h4-6,8-13,27-29H,3,7,14-22H2,1-2H3,(H,36,42)/t27-,28?,29?/m0/s1. The van der Waals surface area contributed by atoms with Crippen LogP contribution in [0.4, 0.5) is 20.6 Å². The van der Waals surface area contributed by atoms with Gasteiger partial charge in [0.05, 0.1) is 12.2 Å². The summed E-state index contributed by atoms with van der Waals surface area (Å²) in [4.78, 5) is 36.9. The van der Waals surface area contributed by atoms with Gasteiger partial charge in [0.15, 0.2) is 0 Å². The van der Waals surface area contributed by atoms with Gasteiger partial charge in [0.25, 0.3) is 0 Å². The summed E-state index contributed by atoms with van der Waals surface area (Å²) in [5.41, 5.74) is 3.83. The second kappa shape index (κ2) is 12.3. The number of aryl methyl sites for hydroxylation is 1. The molecule has 1 aromatic heterocycles. The van der Waals surface area contributed by atoms with E-state index >= 15 is 0 Å². The maximum Gasteiger partial charge on any atom is 0.326 e. The van der Waals surface area contributed by atoms with E-state index in [9.17, 15) is 14.0 Å². The van der Waals surface area contributed by atoms with Crippen molar-refractivity contribution >= 4 is 23.3 Å². The molecule has 6 rings (SSSR count). The van der Waals surface area contributed by atoms with Crippen molar-refractivity contribution in [1.29, 1.82) is 0 Å². The Morgan fingerprint density at radius 3 is 2.43 bits per heavy atom. The zero-order chi connectivity index (χ0) is 29.2. The summed E-state index contributed by atoms with van der Waals surface area (Å²) >= 11 is 0. The Morgan fingerprint density at radius 1 is 1.02 bits per heavy atom. The van der Waals surface area contributed by atoms with Crippen molar-refractivity contribution < 1.29 is 14.0 Å². The van der Waals surface area contributed by atoms with Gasteiger partial charge in [0.2, 0.25) is 5.91 Å². The van der Waals surface area contributed by atoms with E-state index in [0.29, 0.717) is 43.3 Å². The Kier molecular flexibility index (Phi) is 8.29. The van der Waals surface area contributed by atoms with Gasteiger partial charge in [0.1, 0.15) is 11.6 Å². The van der Waals surface area contributed by atoms with Crippen molar-refractivity contribution in [1.82, 2.24) is 19.4 Å². The molecule has 9 heteroatoms. The molecule has 8 nitrogen and oxygen atoms in total. The van der Waals surface area contributed by atoms with Crippen LogP contribution in [0.15, 0.2) is 54.6 Å². The SMILES string of the molecule is CCC(=O)N1CCc2c(nc(C)n2C2CC3CC[C@@H](C2)N3CCCN(C(=O)Nc2ccc(F)cc2)c2ccccc2)C1. The van der Waals surface area contributed by atoms with E-state index in [4.69, 9.17) is 4.98 Å². The van der Waals surface area contributed by atoms with Gasteiger partial charge in [-0.05, 0) is 75.4 Å². The van der Waals surface area contributed by atoms with Gasteiger partial charge in [-0.25, -0.2) is 14.2 Å². The summed E-state index contributed by atoms with van der Waals surface area (Å²) in [7, 11) is 0. The fourth-order valence-corrected chi connectivity index (χ4v) is 7.37. The second-order valence-corrected chi connectivity index (χ2v) is 11.9. The summed E-state index contributed by atoms with van der Waals surface area (Å²) in [6.07, 6.45) is 6.94. The highest BCUT2D eigenvalue weighted by Gasteiger charge is 2.42. The maximum atomic E-state index is 13.4. The number of amides is 3. The van der Waals surface area contributed by atoms with Gasteiger partial charge in [-0.1, -0.05) is 25.1 Å². The number of aromatic nitrogens is 2. The molecule has 0 saturated carbocycles. The molecule has 4 heterocycles. The number of halogens is 1. The monoisotopic (exact) mass is 572 g/mol. The molecule has 42 heavy (non-hydrogen) atoms. The molecule has 2 bridgehead atoms. The lowest BCUT2D eigenvalue weighted by atomic mass is 9.95. The van der Waals surface area contributed by atoms with Crippen molar-refractivity contribution in [2.75, 3.05) is 29.9 Å². The van der Waals surface area contributed by atoms with E-state index in [0.717, 1.165) is 56.0 Å². The van der Waals surface area contributed by atoms with E-state index in [1.807, 2.05) is 42.2 Å². The van der Waals surface area contributed by atoms with Gasteiger partial charge < -0.3 is 14.8 Å². The number of nitrogens with zero attached hydrogens (tertiary/aromatic N) is 5. The Morgan fingerprint density at radius 2 is 1.74 bits per heavy atom. The van der Waals surface area contributed by atoms with Crippen LogP contribution in [0.5, 0.6) is 0 Å². The van der Waals surface area contributed by atoms with Crippen molar-refractivity contribution in [2.24, 2.45) is 0 Å². The van der Waals surface area contributed by atoms with Gasteiger partial charge in [-0.2, -0.15) is 0 Å². The van der Waals surface area contributed by atoms with Gasteiger partial charge in [0, 0.05) is 67.7 Å². The first-order chi connectivity index (χ1) is 20.4. The third-order valence-electron chi connectivity index (χ3n) is 9.31. The van der Waals surface area contributed by atoms with Crippen molar-refractivity contribution in [3.05, 3.63) is 77.6 Å². The number of imidazole rings is 1. The average Bonchev–Trinajstić information content (AvgIpc) is 3.45. The average molecular weight is 573 g/mol. The van der Waals surface area contributed by atoms with Crippen molar-refractivity contribution in [3.63, 3.8) is 0 Å². The van der Waals surface area contributed by atoms with Crippen molar-refractivity contribution in [2.45, 2.75) is 83.5 Å². The largest absolute Gasteiger partial charge is 0.336 e. The highest BCUT2D eigenvalue weighted by atomic mass is 19.1. The van der Waals surface area contributed by atoms with Crippen LogP contribution in [-0.4, -0.2) is 63.0 Å². The Balaban J connectivity index is 1.09. The Labute approximate surface area is 247 Å². The first-order valence-electron chi connectivity index (χ1n) is 15.4. The second-order valence-electron chi connectivity index (χ2n) is 11.9. The number of carbonyl (C=O) groups is 2. The summed E-state index contributed by atoms with van der Waals surface area (Å²) in [5, 5.41) is 2.93. The molecule has 2 unspecified atom stereocenters. The van der Waals surface area contributed by atoms with E-state index in [1.165, 1.54) is 30.7 Å². The molecule has 222 valence electrons. The molecule has 1 N–H and O–H groups in total. The summed E-state index contributed by atoms with van der Waals surface area (Å²) in [6.45, 7) is 7.00.